The first kappa shape index (κ1) is 30.6. The SMILES string of the molecule is CCc1ccc(OC)cc1-n1c(CC(C)C)c(C(=O)N2CCNCC2)cc(-c2nc(-c3ccc(C(F)F)cc3)cs2)c1=O. The zero-order chi connectivity index (χ0) is 30.7. The number of carbonyl (C=O) groups is 1. The number of nitrogens with zero attached hydrogens (tertiary/aromatic N) is 3. The van der Waals surface area contributed by atoms with Gasteiger partial charge in [0, 0.05) is 54.4 Å². The lowest BCUT2D eigenvalue weighted by Gasteiger charge is -2.29. The number of ether oxygens (including phenoxy) is 1. The van der Waals surface area contributed by atoms with Gasteiger partial charge in [-0.1, -0.05) is 51.1 Å². The molecule has 0 radical (unpaired) electrons. The molecule has 226 valence electrons. The van der Waals surface area contributed by atoms with Crippen LogP contribution in [0.2, 0.25) is 0 Å². The van der Waals surface area contributed by atoms with Crippen molar-refractivity contribution in [3.05, 3.63) is 86.6 Å². The molecule has 4 aromatic rings. The summed E-state index contributed by atoms with van der Waals surface area (Å²) in [6, 6.07) is 13.4. The number of alkyl halides is 2. The predicted octanol–water partition coefficient (Wildman–Crippen LogP) is 6.38. The first-order valence-electron chi connectivity index (χ1n) is 14.5. The number of thiazole rings is 1. The Bertz CT molecular complexity index is 1660. The third-order valence-corrected chi connectivity index (χ3v) is 8.52. The lowest BCUT2D eigenvalue weighted by Crippen LogP contribution is -2.47. The highest BCUT2D eigenvalue weighted by Crippen LogP contribution is 2.32. The fourth-order valence-corrected chi connectivity index (χ4v) is 6.22. The summed E-state index contributed by atoms with van der Waals surface area (Å²) in [4.78, 5) is 35.3. The van der Waals surface area contributed by atoms with Crippen molar-refractivity contribution in [2.75, 3.05) is 33.3 Å². The van der Waals surface area contributed by atoms with Gasteiger partial charge in [-0.3, -0.25) is 14.2 Å². The second kappa shape index (κ2) is 13.2. The summed E-state index contributed by atoms with van der Waals surface area (Å²) in [6.07, 6.45) is -1.37. The lowest BCUT2D eigenvalue weighted by atomic mass is 9.98. The Morgan fingerprint density at radius 2 is 1.81 bits per heavy atom. The Morgan fingerprint density at radius 1 is 1.09 bits per heavy atom. The van der Waals surface area contributed by atoms with E-state index in [1.54, 1.807) is 35.3 Å². The smallest absolute Gasteiger partial charge is 0.265 e. The van der Waals surface area contributed by atoms with Gasteiger partial charge in [-0.2, -0.15) is 0 Å². The maximum Gasteiger partial charge on any atom is 0.265 e. The minimum Gasteiger partial charge on any atom is -0.497 e. The molecule has 2 aromatic carbocycles. The van der Waals surface area contributed by atoms with Gasteiger partial charge >= 0.3 is 0 Å². The monoisotopic (exact) mass is 606 g/mol. The molecule has 0 unspecified atom stereocenters. The molecule has 2 aromatic heterocycles. The molecule has 43 heavy (non-hydrogen) atoms. The van der Waals surface area contributed by atoms with Crippen molar-refractivity contribution < 1.29 is 18.3 Å². The highest BCUT2D eigenvalue weighted by atomic mass is 32.1. The van der Waals surface area contributed by atoms with E-state index < -0.39 is 6.43 Å². The molecule has 10 heteroatoms. The number of rotatable bonds is 9. The summed E-state index contributed by atoms with van der Waals surface area (Å²) >= 11 is 1.29. The van der Waals surface area contributed by atoms with Crippen LogP contribution in [-0.4, -0.2) is 53.6 Å². The Morgan fingerprint density at radius 3 is 2.44 bits per heavy atom. The molecule has 0 saturated carbocycles. The fourth-order valence-electron chi connectivity index (χ4n) is 5.38. The molecular formula is C33H36F2N4O3S. The molecule has 1 amide bonds. The van der Waals surface area contributed by atoms with E-state index in [1.165, 1.54) is 23.5 Å². The zero-order valence-corrected chi connectivity index (χ0v) is 25.6. The zero-order valence-electron chi connectivity index (χ0n) is 24.8. The van der Waals surface area contributed by atoms with Crippen molar-refractivity contribution in [3.63, 3.8) is 0 Å². The van der Waals surface area contributed by atoms with Gasteiger partial charge in [0.1, 0.15) is 10.8 Å². The summed E-state index contributed by atoms with van der Waals surface area (Å²) < 4.78 is 33.4. The van der Waals surface area contributed by atoms with Gasteiger partial charge in [0.05, 0.1) is 29.6 Å². The van der Waals surface area contributed by atoms with Crippen molar-refractivity contribution in [3.8, 4) is 33.3 Å². The van der Waals surface area contributed by atoms with Crippen LogP contribution < -0.4 is 15.6 Å². The first-order chi connectivity index (χ1) is 20.7. The summed E-state index contributed by atoms with van der Waals surface area (Å²) in [5.41, 5.74) is 3.99. The summed E-state index contributed by atoms with van der Waals surface area (Å²) in [6.45, 7) is 8.72. The number of benzene rings is 2. The fraction of sp³-hybridized carbons (Fsp3) is 0.364. The molecule has 1 N–H and O–H groups in total. The number of methoxy groups -OCH3 is 1. The van der Waals surface area contributed by atoms with Crippen molar-refractivity contribution in [2.45, 2.75) is 40.0 Å². The van der Waals surface area contributed by atoms with Crippen LogP contribution in [0.25, 0.3) is 27.5 Å². The molecule has 0 atom stereocenters. The van der Waals surface area contributed by atoms with Crippen LogP contribution in [0.1, 0.15) is 54.4 Å². The molecule has 1 fully saturated rings. The highest BCUT2D eigenvalue weighted by molar-refractivity contribution is 7.13. The van der Waals surface area contributed by atoms with Gasteiger partial charge in [0.2, 0.25) is 0 Å². The van der Waals surface area contributed by atoms with Crippen LogP contribution in [0, 0.1) is 5.92 Å². The summed E-state index contributed by atoms with van der Waals surface area (Å²) in [7, 11) is 1.59. The summed E-state index contributed by atoms with van der Waals surface area (Å²) in [5.74, 6) is 0.663. The Hall–Kier alpha value is -3.89. The number of carbonyl (C=O) groups excluding carboxylic acids is 1. The summed E-state index contributed by atoms with van der Waals surface area (Å²) in [5, 5.41) is 5.56. The second-order valence-corrected chi connectivity index (χ2v) is 11.9. The third-order valence-electron chi connectivity index (χ3n) is 7.65. The van der Waals surface area contributed by atoms with E-state index >= 15 is 0 Å². The molecule has 3 heterocycles. The van der Waals surface area contributed by atoms with Gasteiger partial charge in [-0.05, 0) is 36.5 Å². The van der Waals surface area contributed by atoms with E-state index in [2.05, 4.69) is 19.2 Å². The number of nitrogens with one attached hydrogen (secondary N) is 1. The molecule has 0 bridgehead atoms. The van der Waals surface area contributed by atoms with Gasteiger partial charge in [0.15, 0.2) is 0 Å². The average molecular weight is 607 g/mol. The normalized spacial score (nSPS) is 13.6. The molecule has 1 aliphatic rings. The maximum atomic E-state index is 14.5. The predicted molar refractivity (Wildman–Crippen MR) is 167 cm³/mol. The first-order valence-corrected chi connectivity index (χ1v) is 15.4. The Balaban J connectivity index is 1.74. The van der Waals surface area contributed by atoms with Crippen molar-refractivity contribution >= 4 is 17.2 Å². The molecule has 0 aliphatic carbocycles. The van der Waals surface area contributed by atoms with Crippen molar-refractivity contribution in [1.82, 2.24) is 19.8 Å². The van der Waals surface area contributed by atoms with E-state index in [4.69, 9.17) is 9.72 Å². The van der Waals surface area contributed by atoms with Gasteiger partial charge in [-0.25, -0.2) is 13.8 Å². The number of halogens is 2. The number of aryl methyl sites for hydroxylation is 1. The number of hydrogen-bond donors (Lipinski definition) is 1. The second-order valence-electron chi connectivity index (χ2n) is 11.0. The Kier molecular flexibility index (Phi) is 9.37. The standard InChI is InChI=1S/C33H36F2N4O3S/c1-5-21-10-11-24(42-4)17-28(21)39-29(16-20(2)3)25(32(40)38-14-12-36-13-15-38)18-26(33(39)41)31-37-27(19-43-31)22-6-8-23(9-7-22)30(34)35/h6-11,17-20,30,36H,5,12-16H2,1-4H3. The molecule has 0 spiro atoms. The molecule has 1 saturated heterocycles. The number of pyridine rings is 1. The van der Waals surface area contributed by atoms with Gasteiger partial charge in [-0.15, -0.1) is 11.3 Å². The Labute approximate surface area is 254 Å². The molecule has 5 rings (SSSR count). The van der Waals surface area contributed by atoms with Crippen LogP contribution in [0.4, 0.5) is 8.78 Å². The highest BCUT2D eigenvalue weighted by Gasteiger charge is 2.28. The van der Waals surface area contributed by atoms with E-state index in [9.17, 15) is 18.4 Å². The van der Waals surface area contributed by atoms with Crippen LogP contribution in [0.5, 0.6) is 5.75 Å². The van der Waals surface area contributed by atoms with Gasteiger partial charge < -0.3 is 15.0 Å². The van der Waals surface area contributed by atoms with E-state index in [0.29, 0.717) is 83.5 Å². The van der Waals surface area contributed by atoms with E-state index in [1.807, 2.05) is 30.0 Å². The maximum absolute atomic E-state index is 14.5. The molecule has 7 nitrogen and oxygen atoms in total. The van der Waals surface area contributed by atoms with Crippen LogP contribution in [0.3, 0.4) is 0 Å². The molecule has 1 aliphatic heterocycles. The number of amides is 1. The van der Waals surface area contributed by atoms with Crippen LogP contribution in [0.15, 0.2) is 58.7 Å². The number of piperazine rings is 1. The quantitative estimate of drug-likeness (QED) is 0.239. The topological polar surface area (TPSA) is 76.5 Å². The average Bonchev–Trinajstić information content (AvgIpc) is 3.51. The lowest BCUT2D eigenvalue weighted by molar-refractivity contribution is 0.0733. The van der Waals surface area contributed by atoms with Gasteiger partial charge in [0.25, 0.3) is 17.9 Å². The molecular weight excluding hydrogens is 570 g/mol. The van der Waals surface area contributed by atoms with Crippen molar-refractivity contribution in [1.29, 1.82) is 0 Å². The largest absolute Gasteiger partial charge is 0.497 e. The van der Waals surface area contributed by atoms with E-state index in [-0.39, 0.29) is 22.9 Å². The minimum atomic E-state index is -2.56. The van der Waals surface area contributed by atoms with Crippen LogP contribution >= 0.6 is 11.3 Å². The minimum absolute atomic E-state index is 0.0658. The van der Waals surface area contributed by atoms with Crippen LogP contribution in [-0.2, 0) is 12.8 Å². The third kappa shape index (κ3) is 6.40. The number of aromatic nitrogens is 2. The van der Waals surface area contributed by atoms with Crippen molar-refractivity contribution in [2.24, 2.45) is 5.92 Å². The number of hydrogen-bond acceptors (Lipinski definition) is 6. The van der Waals surface area contributed by atoms with E-state index in [0.717, 1.165) is 5.56 Å².